The summed E-state index contributed by atoms with van der Waals surface area (Å²) in [7, 11) is 4.19. The molecule has 144 valence electrons. The van der Waals surface area contributed by atoms with Crippen LogP contribution in [0.3, 0.4) is 0 Å². The lowest BCUT2D eigenvalue weighted by Crippen LogP contribution is -2.43. The summed E-state index contributed by atoms with van der Waals surface area (Å²) in [4.78, 5) is 18.3. The number of ether oxygens (including phenoxy) is 2. The molecular weight excluding hydrogens is 364 g/mol. The maximum Gasteiger partial charge on any atom is 0.336 e. The zero-order valence-electron chi connectivity index (χ0n) is 15.8. The van der Waals surface area contributed by atoms with E-state index in [9.17, 15) is 9.90 Å². The Morgan fingerprint density at radius 3 is 2.63 bits per heavy atom. The lowest BCUT2D eigenvalue weighted by molar-refractivity contribution is -0.114. The van der Waals surface area contributed by atoms with Crippen LogP contribution in [0.4, 0.5) is 0 Å². The van der Waals surface area contributed by atoms with Gasteiger partial charge in [0.25, 0.3) is 5.79 Å². The van der Waals surface area contributed by atoms with Crippen LogP contribution >= 0.6 is 11.3 Å². The van der Waals surface area contributed by atoms with Crippen LogP contribution in [-0.2, 0) is 0 Å². The van der Waals surface area contributed by atoms with Crippen molar-refractivity contribution in [1.29, 1.82) is 0 Å². The number of carboxylic acid groups (broad SMARTS) is 1. The Hall–Kier alpha value is -2.12. The molecule has 1 N–H and O–H groups in total. The minimum absolute atomic E-state index is 0.235. The molecule has 0 unspecified atom stereocenters. The van der Waals surface area contributed by atoms with Gasteiger partial charge in [0, 0.05) is 35.9 Å². The van der Waals surface area contributed by atoms with Crippen LogP contribution in [0.1, 0.15) is 41.6 Å². The van der Waals surface area contributed by atoms with Gasteiger partial charge in [-0.3, -0.25) is 0 Å². The van der Waals surface area contributed by atoms with Crippen LogP contribution in [0.25, 0.3) is 11.3 Å². The minimum atomic E-state index is -0.967. The number of hydrogen-bond donors (Lipinski definition) is 1. The molecule has 1 aliphatic heterocycles. The summed E-state index contributed by atoms with van der Waals surface area (Å²) in [5.74, 6) is 0.178. The van der Waals surface area contributed by atoms with Crippen molar-refractivity contribution in [3.05, 3.63) is 28.1 Å². The summed E-state index contributed by atoms with van der Waals surface area (Å²) in [6, 6.07) is 1.66. The van der Waals surface area contributed by atoms with Gasteiger partial charge in [-0.25, -0.2) is 9.78 Å². The van der Waals surface area contributed by atoms with Crippen molar-refractivity contribution < 1.29 is 19.4 Å². The monoisotopic (exact) mass is 388 g/mol. The highest BCUT2D eigenvalue weighted by Crippen LogP contribution is 2.53. The first-order valence-electron chi connectivity index (χ1n) is 9.21. The standard InChI is InChI=1S/C20H24N2O4S/c1-12-14(19(23)24)8-15(16-10-27-11-21-16)18-17(12)25-20(26-18)6-4-13(5-7-20)9-22(2)3/h8,10-11,13H,4-7,9H2,1-3H3,(H,23,24). The average Bonchev–Trinajstić information content (AvgIpc) is 3.26. The number of carbonyl (C=O) groups is 1. The minimum Gasteiger partial charge on any atom is -0.478 e. The second kappa shape index (κ2) is 6.80. The molecule has 0 amide bonds. The molecule has 2 aromatic rings. The lowest BCUT2D eigenvalue weighted by atomic mass is 9.85. The predicted octanol–water partition coefficient (Wildman–Crippen LogP) is 4.04. The molecule has 1 aromatic heterocycles. The SMILES string of the molecule is Cc1c(C(=O)O)cc(-c2cscn2)c2c1OC1(CCC(CN(C)C)CC1)O2. The summed E-state index contributed by atoms with van der Waals surface area (Å²) < 4.78 is 12.7. The van der Waals surface area contributed by atoms with Crippen molar-refractivity contribution in [2.24, 2.45) is 5.92 Å². The van der Waals surface area contributed by atoms with Crippen LogP contribution < -0.4 is 9.47 Å². The summed E-state index contributed by atoms with van der Waals surface area (Å²) in [6.45, 7) is 2.85. The van der Waals surface area contributed by atoms with E-state index in [4.69, 9.17) is 9.47 Å². The number of aromatic carboxylic acids is 1. The first kappa shape index (κ1) is 18.3. The fourth-order valence-corrected chi connectivity index (χ4v) is 4.68. The van der Waals surface area contributed by atoms with Gasteiger partial charge in [-0.1, -0.05) is 0 Å². The third kappa shape index (κ3) is 3.30. The van der Waals surface area contributed by atoms with Gasteiger partial charge in [0.1, 0.15) is 0 Å². The molecule has 2 heterocycles. The van der Waals surface area contributed by atoms with Gasteiger partial charge in [-0.15, -0.1) is 11.3 Å². The smallest absolute Gasteiger partial charge is 0.336 e. The number of fused-ring (bicyclic) bond motifs is 1. The van der Waals surface area contributed by atoms with Crippen molar-refractivity contribution in [2.45, 2.75) is 38.4 Å². The van der Waals surface area contributed by atoms with Gasteiger partial charge in [0.05, 0.1) is 16.8 Å². The first-order valence-corrected chi connectivity index (χ1v) is 10.1. The summed E-state index contributed by atoms with van der Waals surface area (Å²) >= 11 is 1.47. The molecule has 4 rings (SSSR count). The molecular formula is C20H24N2O4S. The second-order valence-corrected chi connectivity index (χ2v) is 8.47. The second-order valence-electron chi connectivity index (χ2n) is 7.75. The largest absolute Gasteiger partial charge is 0.478 e. The van der Waals surface area contributed by atoms with Gasteiger partial charge in [0.2, 0.25) is 0 Å². The maximum absolute atomic E-state index is 11.7. The molecule has 1 spiro atoms. The van der Waals surface area contributed by atoms with Gasteiger partial charge in [0.15, 0.2) is 11.5 Å². The molecule has 27 heavy (non-hydrogen) atoms. The van der Waals surface area contributed by atoms with Crippen LogP contribution in [0, 0.1) is 12.8 Å². The number of thiazole rings is 1. The van der Waals surface area contributed by atoms with Crippen LogP contribution in [0.2, 0.25) is 0 Å². The van der Waals surface area contributed by atoms with Gasteiger partial charge in [-0.2, -0.15) is 0 Å². The van der Waals surface area contributed by atoms with Crippen molar-refractivity contribution in [2.75, 3.05) is 20.6 Å². The van der Waals surface area contributed by atoms with E-state index in [1.54, 1.807) is 18.5 Å². The van der Waals surface area contributed by atoms with E-state index in [-0.39, 0.29) is 5.56 Å². The van der Waals surface area contributed by atoms with Gasteiger partial charge < -0.3 is 19.5 Å². The normalized spacial score (nSPS) is 23.9. The summed E-state index contributed by atoms with van der Waals surface area (Å²) in [5, 5.41) is 11.5. The van der Waals surface area contributed by atoms with E-state index in [1.165, 1.54) is 11.3 Å². The number of benzene rings is 1. The Kier molecular flexibility index (Phi) is 4.60. The molecule has 1 fully saturated rings. The number of hydrogen-bond acceptors (Lipinski definition) is 6. The fraction of sp³-hybridized carbons (Fsp3) is 0.500. The Morgan fingerprint density at radius 1 is 1.33 bits per heavy atom. The molecule has 0 bridgehead atoms. The summed E-state index contributed by atoms with van der Waals surface area (Å²) in [6.07, 6.45) is 3.67. The topological polar surface area (TPSA) is 71.9 Å². The van der Waals surface area contributed by atoms with E-state index >= 15 is 0 Å². The van der Waals surface area contributed by atoms with Gasteiger partial charge in [-0.05, 0) is 45.8 Å². The van der Waals surface area contributed by atoms with E-state index < -0.39 is 11.8 Å². The quantitative estimate of drug-likeness (QED) is 0.852. The number of aromatic nitrogens is 1. The fourth-order valence-electron chi connectivity index (χ4n) is 4.13. The molecule has 1 aliphatic carbocycles. The molecule has 7 heteroatoms. The molecule has 1 aromatic carbocycles. The first-order chi connectivity index (χ1) is 12.9. The maximum atomic E-state index is 11.7. The van der Waals surface area contributed by atoms with Crippen molar-refractivity contribution >= 4 is 17.3 Å². The third-order valence-corrected chi connectivity index (χ3v) is 6.08. The van der Waals surface area contributed by atoms with Crippen LogP contribution in [0.5, 0.6) is 11.5 Å². The van der Waals surface area contributed by atoms with Crippen LogP contribution in [0.15, 0.2) is 17.0 Å². The zero-order chi connectivity index (χ0) is 19.2. The van der Waals surface area contributed by atoms with E-state index in [1.807, 2.05) is 5.38 Å². The van der Waals surface area contributed by atoms with Crippen molar-refractivity contribution in [3.8, 4) is 22.8 Å². The highest BCUT2D eigenvalue weighted by molar-refractivity contribution is 7.07. The van der Waals surface area contributed by atoms with E-state index in [0.717, 1.165) is 37.9 Å². The van der Waals surface area contributed by atoms with E-state index in [0.29, 0.717) is 28.5 Å². The Labute approximate surface area is 162 Å². The van der Waals surface area contributed by atoms with Crippen LogP contribution in [-0.4, -0.2) is 47.4 Å². The summed E-state index contributed by atoms with van der Waals surface area (Å²) in [5.41, 5.74) is 4.00. The Morgan fingerprint density at radius 2 is 2.04 bits per heavy atom. The predicted molar refractivity (Wildman–Crippen MR) is 104 cm³/mol. The molecule has 0 radical (unpaired) electrons. The van der Waals surface area contributed by atoms with Crippen molar-refractivity contribution in [1.82, 2.24) is 9.88 Å². The molecule has 6 nitrogen and oxygen atoms in total. The Bertz CT molecular complexity index is 855. The number of carboxylic acids is 1. The average molecular weight is 388 g/mol. The molecule has 2 aliphatic rings. The lowest BCUT2D eigenvalue weighted by Gasteiger charge is -2.36. The van der Waals surface area contributed by atoms with Gasteiger partial charge >= 0.3 is 5.97 Å². The highest BCUT2D eigenvalue weighted by atomic mass is 32.1. The highest BCUT2D eigenvalue weighted by Gasteiger charge is 2.47. The molecule has 0 atom stereocenters. The van der Waals surface area contributed by atoms with E-state index in [2.05, 4.69) is 24.0 Å². The number of rotatable bonds is 4. The molecule has 1 saturated carbocycles. The zero-order valence-corrected chi connectivity index (χ0v) is 16.6. The molecule has 0 saturated heterocycles. The third-order valence-electron chi connectivity index (χ3n) is 5.49. The number of nitrogens with zero attached hydrogens (tertiary/aromatic N) is 2. The Balaban J connectivity index is 1.68. The van der Waals surface area contributed by atoms with Crippen molar-refractivity contribution in [3.63, 3.8) is 0 Å².